The minimum Gasteiger partial charge on any atom is -0.463 e. The number of ether oxygens (including phenoxy) is 2. The van der Waals surface area contributed by atoms with E-state index in [0.717, 1.165) is 5.56 Å². The number of hydrogen-bond acceptors (Lipinski definition) is 3. The summed E-state index contributed by atoms with van der Waals surface area (Å²) in [6, 6.07) is 7.47. The Bertz CT molecular complexity index is 339. The molecule has 16 heavy (non-hydrogen) atoms. The fraction of sp³-hybridized carbons (Fsp3) is 0.417. The number of rotatable bonds is 6. The van der Waals surface area contributed by atoms with Crippen LogP contribution in [0.15, 0.2) is 24.3 Å². The lowest BCUT2D eigenvalue weighted by Gasteiger charge is -2.04. The standard InChI is InChI=1S/C12H15ClO3/c1-15-7-8-16-12(14)6-5-10-3-2-4-11(13)9-10/h2-4,9H,5-8H2,1H3. The van der Waals surface area contributed by atoms with E-state index in [-0.39, 0.29) is 5.97 Å². The molecule has 0 atom stereocenters. The maximum Gasteiger partial charge on any atom is 0.306 e. The molecule has 3 nitrogen and oxygen atoms in total. The van der Waals surface area contributed by atoms with Gasteiger partial charge in [-0.15, -0.1) is 0 Å². The zero-order chi connectivity index (χ0) is 11.8. The number of halogens is 1. The van der Waals surface area contributed by atoms with Crippen molar-refractivity contribution in [2.45, 2.75) is 12.8 Å². The number of aryl methyl sites for hydroxylation is 1. The van der Waals surface area contributed by atoms with Gasteiger partial charge < -0.3 is 9.47 Å². The smallest absolute Gasteiger partial charge is 0.306 e. The van der Waals surface area contributed by atoms with Crippen molar-refractivity contribution < 1.29 is 14.3 Å². The van der Waals surface area contributed by atoms with Gasteiger partial charge in [0.15, 0.2) is 0 Å². The molecule has 0 aliphatic heterocycles. The molecule has 0 radical (unpaired) electrons. The Balaban J connectivity index is 2.26. The van der Waals surface area contributed by atoms with E-state index in [0.29, 0.717) is 31.1 Å². The highest BCUT2D eigenvalue weighted by molar-refractivity contribution is 6.30. The molecule has 4 heteroatoms. The first-order valence-electron chi connectivity index (χ1n) is 5.11. The van der Waals surface area contributed by atoms with Crippen LogP contribution in [0.5, 0.6) is 0 Å². The molecule has 0 bridgehead atoms. The van der Waals surface area contributed by atoms with E-state index in [4.69, 9.17) is 21.1 Å². The summed E-state index contributed by atoms with van der Waals surface area (Å²) in [7, 11) is 1.57. The van der Waals surface area contributed by atoms with Gasteiger partial charge in [0.1, 0.15) is 6.61 Å². The number of benzene rings is 1. The number of methoxy groups -OCH3 is 1. The Hall–Kier alpha value is -1.06. The molecular weight excluding hydrogens is 228 g/mol. The van der Waals surface area contributed by atoms with Crippen molar-refractivity contribution in [1.82, 2.24) is 0 Å². The lowest BCUT2D eigenvalue weighted by atomic mass is 10.1. The van der Waals surface area contributed by atoms with Crippen LogP contribution in [0.25, 0.3) is 0 Å². The lowest BCUT2D eigenvalue weighted by molar-refractivity contribution is -0.144. The highest BCUT2D eigenvalue weighted by Crippen LogP contribution is 2.12. The van der Waals surface area contributed by atoms with E-state index in [9.17, 15) is 4.79 Å². The predicted molar refractivity (Wildman–Crippen MR) is 62.6 cm³/mol. The van der Waals surface area contributed by atoms with E-state index in [1.165, 1.54) is 0 Å². The van der Waals surface area contributed by atoms with E-state index in [1.807, 2.05) is 24.3 Å². The molecule has 1 aromatic carbocycles. The first-order chi connectivity index (χ1) is 7.72. The van der Waals surface area contributed by atoms with Gasteiger partial charge in [-0.3, -0.25) is 4.79 Å². The monoisotopic (exact) mass is 242 g/mol. The van der Waals surface area contributed by atoms with Gasteiger partial charge in [0.05, 0.1) is 6.61 Å². The number of carbonyl (C=O) groups excluding carboxylic acids is 1. The summed E-state index contributed by atoms with van der Waals surface area (Å²) in [4.78, 5) is 11.3. The van der Waals surface area contributed by atoms with Gasteiger partial charge in [-0.05, 0) is 24.1 Å². The average Bonchev–Trinajstić information content (AvgIpc) is 2.27. The topological polar surface area (TPSA) is 35.5 Å². The highest BCUT2D eigenvalue weighted by atomic mass is 35.5. The SMILES string of the molecule is COCCOC(=O)CCc1cccc(Cl)c1. The normalized spacial score (nSPS) is 10.1. The van der Waals surface area contributed by atoms with E-state index in [1.54, 1.807) is 7.11 Å². The van der Waals surface area contributed by atoms with Crippen LogP contribution < -0.4 is 0 Å². The van der Waals surface area contributed by atoms with Crippen molar-refractivity contribution in [2.75, 3.05) is 20.3 Å². The summed E-state index contributed by atoms with van der Waals surface area (Å²) < 4.78 is 9.71. The molecule has 0 amide bonds. The quantitative estimate of drug-likeness (QED) is 0.568. The van der Waals surface area contributed by atoms with Gasteiger partial charge in [-0.25, -0.2) is 0 Å². The summed E-state index contributed by atoms with van der Waals surface area (Å²) in [5.41, 5.74) is 1.04. The van der Waals surface area contributed by atoms with Crippen molar-refractivity contribution >= 4 is 17.6 Å². The number of hydrogen-bond donors (Lipinski definition) is 0. The minimum atomic E-state index is -0.211. The minimum absolute atomic E-state index is 0.211. The Morgan fingerprint density at radius 3 is 2.88 bits per heavy atom. The molecule has 0 aliphatic rings. The van der Waals surface area contributed by atoms with Crippen LogP contribution >= 0.6 is 11.6 Å². The molecule has 0 heterocycles. The molecule has 0 spiro atoms. The van der Waals surface area contributed by atoms with Crippen LogP contribution in [-0.4, -0.2) is 26.3 Å². The molecule has 0 aromatic heterocycles. The van der Waals surface area contributed by atoms with Gasteiger partial charge in [-0.1, -0.05) is 23.7 Å². The first kappa shape index (κ1) is 13.0. The van der Waals surface area contributed by atoms with E-state index < -0.39 is 0 Å². The van der Waals surface area contributed by atoms with E-state index in [2.05, 4.69) is 0 Å². The van der Waals surface area contributed by atoms with E-state index >= 15 is 0 Å². The van der Waals surface area contributed by atoms with Crippen LogP contribution in [0.3, 0.4) is 0 Å². The summed E-state index contributed by atoms with van der Waals surface area (Å²) >= 11 is 5.83. The summed E-state index contributed by atoms with van der Waals surface area (Å²) in [6.07, 6.45) is 1.01. The zero-order valence-electron chi connectivity index (χ0n) is 9.24. The molecule has 0 unspecified atom stereocenters. The summed E-state index contributed by atoms with van der Waals surface area (Å²) in [6.45, 7) is 0.744. The van der Waals surface area contributed by atoms with Gasteiger partial charge in [0.2, 0.25) is 0 Å². The lowest BCUT2D eigenvalue weighted by Crippen LogP contribution is -2.10. The van der Waals surface area contributed by atoms with Crippen molar-refractivity contribution in [3.8, 4) is 0 Å². The van der Waals surface area contributed by atoms with Crippen LogP contribution in [0.2, 0.25) is 5.02 Å². The highest BCUT2D eigenvalue weighted by Gasteiger charge is 2.03. The third-order valence-electron chi connectivity index (χ3n) is 2.06. The molecular formula is C12H15ClO3. The molecule has 0 aliphatic carbocycles. The second-order valence-corrected chi connectivity index (χ2v) is 3.78. The molecule has 1 rings (SSSR count). The average molecular weight is 243 g/mol. The van der Waals surface area contributed by atoms with Gasteiger partial charge in [0.25, 0.3) is 0 Å². The van der Waals surface area contributed by atoms with Crippen LogP contribution in [0, 0.1) is 0 Å². The Morgan fingerprint density at radius 2 is 2.19 bits per heavy atom. The van der Waals surface area contributed by atoms with Crippen molar-refractivity contribution in [2.24, 2.45) is 0 Å². The Kier molecular flexibility index (Phi) is 5.90. The maximum atomic E-state index is 11.3. The van der Waals surface area contributed by atoms with Crippen LogP contribution in [-0.2, 0) is 20.7 Å². The van der Waals surface area contributed by atoms with Crippen LogP contribution in [0.1, 0.15) is 12.0 Å². The second-order valence-electron chi connectivity index (χ2n) is 3.34. The molecule has 0 saturated carbocycles. The largest absolute Gasteiger partial charge is 0.463 e. The van der Waals surface area contributed by atoms with Gasteiger partial charge in [-0.2, -0.15) is 0 Å². The molecule has 1 aromatic rings. The molecule has 0 fully saturated rings. The van der Waals surface area contributed by atoms with Gasteiger partial charge >= 0.3 is 5.97 Å². The molecule has 0 N–H and O–H groups in total. The third kappa shape index (κ3) is 5.14. The second kappa shape index (κ2) is 7.25. The number of carbonyl (C=O) groups is 1. The van der Waals surface area contributed by atoms with Crippen molar-refractivity contribution in [3.63, 3.8) is 0 Å². The summed E-state index contributed by atoms with van der Waals surface area (Å²) in [5, 5.41) is 0.685. The molecule has 88 valence electrons. The number of esters is 1. The fourth-order valence-electron chi connectivity index (χ4n) is 1.25. The Morgan fingerprint density at radius 1 is 1.38 bits per heavy atom. The Labute approximate surface area is 100 Å². The molecule has 0 saturated heterocycles. The maximum absolute atomic E-state index is 11.3. The van der Waals surface area contributed by atoms with Crippen molar-refractivity contribution in [1.29, 1.82) is 0 Å². The predicted octanol–water partition coefficient (Wildman–Crippen LogP) is 2.46. The first-order valence-corrected chi connectivity index (χ1v) is 5.49. The zero-order valence-corrected chi connectivity index (χ0v) is 10.00. The van der Waals surface area contributed by atoms with Crippen molar-refractivity contribution in [3.05, 3.63) is 34.9 Å². The van der Waals surface area contributed by atoms with Crippen LogP contribution in [0.4, 0.5) is 0 Å². The summed E-state index contributed by atoms with van der Waals surface area (Å²) in [5.74, 6) is -0.211. The van der Waals surface area contributed by atoms with Gasteiger partial charge in [0, 0.05) is 18.6 Å². The fourth-order valence-corrected chi connectivity index (χ4v) is 1.46. The third-order valence-corrected chi connectivity index (χ3v) is 2.29.